The third kappa shape index (κ3) is 3.97. The van der Waals surface area contributed by atoms with Gasteiger partial charge in [-0.05, 0) is 18.1 Å². The fourth-order valence-corrected chi connectivity index (χ4v) is 2.73. The van der Waals surface area contributed by atoms with E-state index < -0.39 is 6.10 Å². The van der Waals surface area contributed by atoms with E-state index in [9.17, 15) is 4.79 Å². The summed E-state index contributed by atoms with van der Waals surface area (Å²) in [6.07, 6.45) is -0.861. The molecule has 1 N–H and O–H groups in total. The zero-order valence-corrected chi connectivity index (χ0v) is 13.1. The number of hydrogen-bond acceptors (Lipinski definition) is 3. The van der Waals surface area contributed by atoms with Crippen LogP contribution in [0.3, 0.4) is 0 Å². The second-order valence-corrected chi connectivity index (χ2v) is 5.78. The highest BCUT2D eigenvalue weighted by molar-refractivity contribution is 5.84. The van der Waals surface area contributed by atoms with Crippen LogP contribution in [0, 0.1) is 0 Å². The van der Waals surface area contributed by atoms with Crippen LogP contribution in [0.2, 0.25) is 0 Å². The maximum absolute atomic E-state index is 12.1. The number of rotatable bonds is 6. The highest BCUT2D eigenvalue weighted by Gasteiger charge is 2.41. The Morgan fingerprint density at radius 2 is 1.39 bits per heavy atom. The van der Waals surface area contributed by atoms with Crippen molar-refractivity contribution >= 4 is 5.91 Å². The zero-order chi connectivity index (χ0) is 16.1. The van der Waals surface area contributed by atoms with Gasteiger partial charge < -0.3 is 14.8 Å². The molecular formula is C19H21NO3. The Bertz CT molecular complexity index is 630. The highest BCUT2D eigenvalue weighted by Crippen LogP contribution is 2.20. The molecule has 0 bridgehead atoms. The molecule has 2 aromatic carbocycles. The molecule has 1 fully saturated rings. The van der Waals surface area contributed by atoms with Crippen molar-refractivity contribution in [1.82, 2.24) is 5.32 Å². The number of nitrogens with one attached hydrogen (secondary N) is 1. The first-order chi connectivity index (χ1) is 11.2. The Kier molecular flexibility index (Phi) is 5.05. The second-order valence-electron chi connectivity index (χ2n) is 5.78. The quantitative estimate of drug-likeness (QED) is 0.892. The molecule has 0 aromatic heterocycles. The summed E-state index contributed by atoms with van der Waals surface area (Å²) < 4.78 is 11.8. The van der Waals surface area contributed by atoms with Crippen LogP contribution in [0.25, 0.3) is 0 Å². The molecule has 0 saturated carbocycles. The maximum Gasteiger partial charge on any atom is 0.252 e. The third-order valence-corrected chi connectivity index (χ3v) is 3.98. The van der Waals surface area contributed by atoms with Crippen LogP contribution < -0.4 is 5.32 Å². The first-order valence-electron chi connectivity index (χ1n) is 7.85. The van der Waals surface area contributed by atoms with Crippen molar-refractivity contribution in [1.29, 1.82) is 0 Å². The Hall–Kier alpha value is -2.17. The summed E-state index contributed by atoms with van der Waals surface area (Å²) >= 11 is 0. The van der Waals surface area contributed by atoms with Crippen molar-refractivity contribution in [2.24, 2.45) is 0 Å². The van der Waals surface area contributed by atoms with Gasteiger partial charge in [0.15, 0.2) is 6.10 Å². The highest BCUT2D eigenvalue weighted by atomic mass is 16.5. The lowest BCUT2D eigenvalue weighted by Crippen LogP contribution is -2.35. The molecule has 0 spiro atoms. The Morgan fingerprint density at radius 1 is 0.870 bits per heavy atom. The summed E-state index contributed by atoms with van der Waals surface area (Å²) in [5, 5.41) is 2.90. The van der Waals surface area contributed by atoms with Crippen molar-refractivity contribution < 1.29 is 14.3 Å². The molecule has 4 nitrogen and oxygen atoms in total. The van der Waals surface area contributed by atoms with Gasteiger partial charge in [0.05, 0.1) is 19.3 Å². The van der Waals surface area contributed by atoms with Crippen LogP contribution in [-0.4, -0.2) is 24.2 Å². The van der Waals surface area contributed by atoms with Gasteiger partial charge in [0.25, 0.3) is 5.91 Å². The average Bonchev–Trinajstić information content (AvgIpc) is 2.86. The van der Waals surface area contributed by atoms with E-state index in [2.05, 4.69) is 5.32 Å². The van der Waals surface area contributed by atoms with E-state index in [1.165, 1.54) is 0 Å². The Morgan fingerprint density at radius 3 is 1.96 bits per heavy atom. The molecule has 2 aromatic rings. The van der Waals surface area contributed by atoms with Crippen molar-refractivity contribution in [3.05, 3.63) is 71.8 Å². The van der Waals surface area contributed by atoms with Crippen LogP contribution in [0.5, 0.6) is 0 Å². The van der Waals surface area contributed by atoms with Gasteiger partial charge in [-0.3, -0.25) is 4.79 Å². The summed E-state index contributed by atoms with van der Waals surface area (Å²) in [6, 6.07) is 19.7. The van der Waals surface area contributed by atoms with E-state index in [0.29, 0.717) is 13.2 Å². The minimum absolute atomic E-state index is 0.0630. The van der Waals surface area contributed by atoms with Gasteiger partial charge in [-0.2, -0.15) is 0 Å². The van der Waals surface area contributed by atoms with Crippen LogP contribution in [0.1, 0.15) is 18.1 Å². The number of hydrogen-bond donors (Lipinski definition) is 1. The van der Waals surface area contributed by atoms with Gasteiger partial charge >= 0.3 is 0 Å². The topological polar surface area (TPSA) is 47.6 Å². The van der Waals surface area contributed by atoms with Gasteiger partial charge in [0, 0.05) is 0 Å². The Labute approximate surface area is 136 Å². The number of benzene rings is 2. The molecule has 1 amide bonds. The molecule has 1 aliphatic heterocycles. The first-order valence-corrected chi connectivity index (χ1v) is 7.85. The number of carbonyl (C=O) groups is 1. The van der Waals surface area contributed by atoms with E-state index in [1.54, 1.807) is 0 Å². The molecule has 3 atom stereocenters. The summed E-state index contributed by atoms with van der Waals surface area (Å²) in [5.41, 5.74) is 2.13. The smallest absolute Gasteiger partial charge is 0.252 e. The molecule has 23 heavy (non-hydrogen) atoms. The van der Waals surface area contributed by atoms with E-state index in [1.807, 2.05) is 67.6 Å². The number of carbonyl (C=O) groups excluding carboxylic acids is 1. The van der Waals surface area contributed by atoms with Crippen LogP contribution in [0.15, 0.2) is 60.7 Å². The SMILES string of the molecule is C[C@H]1NC(=O)[C@@H](OCc2ccccc2)[C@@H]1OCc1ccccc1. The monoisotopic (exact) mass is 311 g/mol. The second kappa shape index (κ2) is 7.40. The van der Waals surface area contributed by atoms with E-state index in [-0.39, 0.29) is 18.1 Å². The molecule has 1 heterocycles. The summed E-state index contributed by atoms with van der Waals surface area (Å²) in [4.78, 5) is 12.1. The van der Waals surface area contributed by atoms with E-state index in [0.717, 1.165) is 11.1 Å². The summed E-state index contributed by atoms with van der Waals surface area (Å²) in [7, 11) is 0. The maximum atomic E-state index is 12.1. The van der Waals surface area contributed by atoms with Crippen molar-refractivity contribution in [3.63, 3.8) is 0 Å². The van der Waals surface area contributed by atoms with Crippen molar-refractivity contribution in [2.75, 3.05) is 0 Å². The standard InChI is InChI=1S/C19H21NO3/c1-14-17(22-12-15-8-4-2-5-9-15)18(19(21)20-14)23-13-16-10-6-3-7-11-16/h2-11,14,17-18H,12-13H2,1H3,(H,20,21)/t14-,17-,18+/m1/s1. The van der Waals surface area contributed by atoms with Crippen molar-refractivity contribution in [2.45, 2.75) is 38.4 Å². The third-order valence-electron chi connectivity index (χ3n) is 3.98. The lowest BCUT2D eigenvalue weighted by Gasteiger charge is -2.21. The van der Waals surface area contributed by atoms with Crippen LogP contribution >= 0.6 is 0 Å². The largest absolute Gasteiger partial charge is 0.368 e. The molecule has 120 valence electrons. The first kappa shape index (κ1) is 15.7. The molecule has 1 saturated heterocycles. The molecule has 0 aliphatic carbocycles. The minimum Gasteiger partial charge on any atom is -0.368 e. The predicted octanol–water partition coefficient (Wildman–Crippen LogP) is 2.68. The van der Waals surface area contributed by atoms with Crippen molar-refractivity contribution in [3.8, 4) is 0 Å². The van der Waals surface area contributed by atoms with Crippen LogP contribution in [0.4, 0.5) is 0 Å². The molecular weight excluding hydrogens is 290 g/mol. The minimum atomic E-state index is -0.575. The van der Waals surface area contributed by atoms with Crippen LogP contribution in [-0.2, 0) is 27.5 Å². The fourth-order valence-electron chi connectivity index (χ4n) is 2.73. The Balaban J connectivity index is 1.61. The lowest BCUT2D eigenvalue weighted by atomic mass is 10.1. The fraction of sp³-hybridized carbons (Fsp3) is 0.316. The van der Waals surface area contributed by atoms with Gasteiger partial charge in [-0.1, -0.05) is 60.7 Å². The normalized spacial score (nSPS) is 23.7. The van der Waals surface area contributed by atoms with Gasteiger partial charge in [-0.25, -0.2) is 0 Å². The van der Waals surface area contributed by atoms with Gasteiger partial charge in [0.2, 0.25) is 0 Å². The molecule has 3 rings (SSSR count). The van der Waals surface area contributed by atoms with E-state index >= 15 is 0 Å². The average molecular weight is 311 g/mol. The van der Waals surface area contributed by atoms with Gasteiger partial charge in [0.1, 0.15) is 6.10 Å². The van der Waals surface area contributed by atoms with E-state index in [4.69, 9.17) is 9.47 Å². The predicted molar refractivity (Wildman–Crippen MR) is 87.6 cm³/mol. The molecule has 0 radical (unpaired) electrons. The van der Waals surface area contributed by atoms with Gasteiger partial charge in [-0.15, -0.1) is 0 Å². The summed E-state index contributed by atoms with van der Waals surface area (Å²) in [6.45, 7) is 2.81. The molecule has 1 aliphatic rings. The molecule has 4 heteroatoms. The number of amides is 1. The molecule has 0 unspecified atom stereocenters. The lowest BCUT2D eigenvalue weighted by molar-refractivity contribution is -0.137. The number of ether oxygens (including phenoxy) is 2. The zero-order valence-electron chi connectivity index (χ0n) is 13.1. The summed E-state index contributed by atoms with van der Waals surface area (Å²) in [5.74, 6) is -0.105.